The number of carbonyl (C=O) groups is 2. The van der Waals surface area contributed by atoms with E-state index in [4.69, 9.17) is 0 Å². The molecule has 0 saturated heterocycles. The molecule has 1 N–H and O–H groups in total. The molecule has 2 aromatic heterocycles. The first-order valence-corrected chi connectivity index (χ1v) is 9.79. The number of pyridine rings is 1. The van der Waals surface area contributed by atoms with Crippen molar-refractivity contribution in [3.05, 3.63) is 54.4 Å². The van der Waals surface area contributed by atoms with Gasteiger partial charge in [-0.05, 0) is 57.2 Å². The van der Waals surface area contributed by atoms with E-state index >= 15 is 0 Å². The summed E-state index contributed by atoms with van der Waals surface area (Å²) >= 11 is 1.35. The van der Waals surface area contributed by atoms with E-state index in [9.17, 15) is 9.59 Å². The second kappa shape index (κ2) is 8.79. The molecule has 0 spiro atoms. The van der Waals surface area contributed by atoms with Gasteiger partial charge in [0, 0.05) is 35.8 Å². The third-order valence-corrected chi connectivity index (χ3v) is 5.24. The summed E-state index contributed by atoms with van der Waals surface area (Å²) < 4.78 is 1.97. The predicted octanol–water partition coefficient (Wildman–Crippen LogP) is 3.68. The van der Waals surface area contributed by atoms with Crippen molar-refractivity contribution >= 4 is 29.1 Å². The number of anilines is 1. The maximum Gasteiger partial charge on any atom is 0.237 e. The molecule has 0 fully saturated rings. The van der Waals surface area contributed by atoms with Crippen LogP contribution >= 0.6 is 11.8 Å². The number of aromatic nitrogens is 4. The molecule has 2 heterocycles. The fourth-order valence-corrected chi connectivity index (χ4v) is 3.53. The molecule has 0 aliphatic rings. The van der Waals surface area contributed by atoms with Crippen LogP contribution in [-0.4, -0.2) is 36.7 Å². The SMILES string of the molecule is CCn1c(S[C@@H](C)C(=O)Nc2ccc(C(C)=O)cc2)nnc1-c1cccnc1. The summed E-state index contributed by atoms with van der Waals surface area (Å²) in [4.78, 5) is 28.0. The molecule has 0 aliphatic carbocycles. The Morgan fingerprint density at radius 1 is 1.18 bits per heavy atom. The molecule has 3 aromatic rings. The quantitative estimate of drug-likeness (QED) is 0.485. The topological polar surface area (TPSA) is 89.8 Å². The average molecular weight is 395 g/mol. The first-order chi connectivity index (χ1) is 13.5. The molecule has 7 nitrogen and oxygen atoms in total. The van der Waals surface area contributed by atoms with E-state index in [0.29, 0.717) is 23.0 Å². The van der Waals surface area contributed by atoms with Crippen molar-refractivity contribution < 1.29 is 9.59 Å². The number of ketones is 1. The molecule has 1 amide bonds. The number of benzene rings is 1. The summed E-state index contributed by atoms with van der Waals surface area (Å²) in [6.45, 7) is 6.02. The lowest BCUT2D eigenvalue weighted by Crippen LogP contribution is -2.23. The third-order valence-electron chi connectivity index (χ3n) is 4.16. The van der Waals surface area contributed by atoms with Gasteiger partial charge in [-0.1, -0.05) is 11.8 Å². The van der Waals surface area contributed by atoms with Gasteiger partial charge in [-0.25, -0.2) is 0 Å². The van der Waals surface area contributed by atoms with Crippen LogP contribution in [0.4, 0.5) is 5.69 Å². The molecule has 144 valence electrons. The minimum Gasteiger partial charge on any atom is -0.325 e. The highest BCUT2D eigenvalue weighted by molar-refractivity contribution is 8.00. The number of rotatable bonds is 7. The number of hydrogen-bond acceptors (Lipinski definition) is 6. The van der Waals surface area contributed by atoms with Gasteiger partial charge in [-0.3, -0.25) is 14.6 Å². The van der Waals surface area contributed by atoms with Gasteiger partial charge in [-0.15, -0.1) is 10.2 Å². The van der Waals surface area contributed by atoms with Crippen molar-refractivity contribution in [3.63, 3.8) is 0 Å². The van der Waals surface area contributed by atoms with Crippen molar-refractivity contribution in [2.45, 2.75) is 37.7 Å². The smallest absolute Gasteiger partial charge is 0.237 e. The number of amides is 1. The second-order valence-corrected chi connectivity index (χ2v) is 7.48. The van der Waals surface area contributed by atoms with E-state index in [1.54, 1.807) is 36.7 Å². The summed E-state index contributed by atoms with van der Waals surface area (Å²) in [7, 11) is 0. The average Bonchev–Trinajstić information content (AvgIpc) is 3.11. The Kier molecular flexibility index (Phi) is 6.20. The number of Topliss-reactive ketones (excluding diaryl/α,β-unsaturated/α-hetero) is 1. The van der Waals surface area contributed by atoms with Crippen LogP contribution in [0.2, 0.25) is 0 Å². The Morgan fingerprint density at radius 2 is 1.93 bits per heavy atom. The molecule has 0 saturated carbocycles. The Morgan fingerprint density at radius 3 is 2.54 bits per heavy atom. The zero-order valence-corrected chi connectivity index (χ0v) is 16.7. The molecular weight excluding hydrogens is 374 g/mol. The van der Waals surface area contributed by atoms with Gasteiger partial charge >= 0.3 is 0 Å². The van der Waals surface area contributed by atoms with E-state index in [1.165, 1.54) is 18.7 Å². The minimum atomic E-state index is -0.372. The Balaban J connectivity index is 1.70. The lowest BCUT2D eigenvalue weighted by Gasteiger charge is -2.13. The third kappa shape index (κ3) is 4.45. The Hall–Kier alpha value is -3.00. The van der Waals surface area contributed by atoms with Gasteiger partial charge in [-0.2, -0.15) is 0 Å². The zero-order valence-electron chi connectivity index (χ0n) is 15.9. The maximum absolute atomic E-state index is 12.5. The van der Waals surface area contributed by atoms with Crippen molar-refractivity contribution in [2.24, 2.45) is 0 Å². The fraction of sp³-hybridized carbons (Fsp3) is 0.250. The summed E-state index contributed by atoms with van der Waals surface area (Å²) in [6.07, 6.45) is 3.45. The molecule has 28 heavy (non-hydrogen) atoms. The lowest BCUT2D eigenvalue weighted by atomic mass is 10.1. The highest BCUT2D eigenvalue weighted by atomic mass is 32.2. The highest BCUT2D eigenvalue weighted by Crippen LogP contribution is 2.27. The van der Waals surface area contributed by atoms with Crippen LogP contribution in [0.15, 0.2) is 53.9 Å². The van der Waals surface area contributed by atoms with Gasteiger partial charge < -0.3 is 9.88 Å². The van der Waals surface area contributed by atoms with Crippen LogP contribution in [0.1, 0.15) is 31.1 Å². The number of thioether (sulfide) groups is 1. The number of nitrogens with one attached hydrogen (secondary N) is 1. The van der Waals surface area contributed by atoms with Gasteiger partial charge in [0.25, 0.3) is 0 Å². The van der Waals surface area contributed by atoms with Gasteiger partial charge in [0.2, 0.25) is 5.91 Å². The molecule has 0 bridgehead atoms. The summed E-state index contributed by atoms with van der Waals surface area (Å²) in [5.74, 6) is 0.574. The first-order valence-electron chi connectivity index (χ1n) is 8.91. The summed E-state index contributed by atoms with van der Waals surface area (Å²) in [5.41, 5.74) is 2.14. The number of carbonyl (C=O) groups excluding carboxylic acids is 2. The van der Waals surface area contributed by atoms with Crippen LogP contribution in [0.3, 0.4) is 0 Å². The van der Waals surface area contributed by atoms with Crippen molar-refractivity contribution in [2.75, 3.05) is 5.32 Å². The van der Waals surface area contributed by atoms with E-state index in [2.05, 4.69) is 20.5 Å². The summed E-state index contributed by atoms with van der Waals surface area (Å²) in [6, 6.07) is 10.6. The van der Waals surface area contributed by atoms with Crippen LogP contribution in [0.5, 0.6) is 0 Å². The number of nitrogens with zero attached hydrogens (tertiary/aromatic N) is 4. The Bertz CT molecular complexity index is 970. The maximum atomic E-state index is 12.5. The normalized spacial score (nSPS) is 11.8. The monoisotopic (exact) mass is 395 g/mol. The van der Waals surface area contributed by atoms with Gasteiger partial charge in [0.15, 0.2) is 16.8 Å². The van der Waals surface area contributed by atoms with Crippen LogP contribution in [0, 0.1) is 0 Å². The van der Waals surface area contributed by atoms with Crippen molar-refractivity contribution in [1.29, 1.82) is 0 Å². The van der Waals surface area contributed by atoms with Crippen molar-refractivity contribution in [1.82, 2.24) is 19.7 Å². The van der Waals surface area contributed by atoms with E-state index < -0.39 is 0 Å². The fourth-order valence-electron chi connectivity index (χ4n) is 2.61. The zero-order chi connectivity index (χ0) is 20.1. The van der Waals surface area contributed by atoms with Crippen LogP contribution in [0.25, 0.3) is 11.4 Å². The largest absolute Gasteiger partial charge is 0.325 e. The standard InChI is InChI=1S/C20H21N5O2S/c1-4-25-18(16-6-5-11-21-12-16)23-24-20(25)28-14(3)19(27)22-17-9-7-15(8-10-17)13(2)26/h5-12,14H,4H2,1-3H3,(H,22,27)/t14-/m0/s1. The van der Waals surface area contributed by atoms with Gasteiger partial charge in [0.05, 0.1) is 5.25 Å². The molecule has 3 rings (SSSR count). The lowest BCUT2D eigenvalue weighted by molar-refractivity contribution is -0.115. The van der Waals surface area contributed by atoms with E-state index in [-0.39, 0.29) is 16.9 Å². The van der Waals surface area contributed by atoms with Crippen molar-refractivity contribution in [3.8, 4) is 11.4 Å². The second-order valence-electron chi connectivity index (χ2n) is 6.18. The minimum absolute atomic E-state index is 0.00915. The molecule has 0 unspecified atom stereocenters. The Labute approximate surface area is 167 Å². The van der Waals surface area contributed by atoms with Gasteiger partial charge in [0.1, 0.15) is 0 Å². The predicted molar refractivity (Wildman–Crippen MR) is 109 cm³/mol. The first kappa shape index (κ1) is 19.8. The van der Waals surface area contributed by atoms with E-state index in [1.807, 2.05) is 30.5 Å². The molecule has 1 atom stereocenters. The molecule has 1 aromatic carbocycles. The molecule has 0 radical (unpaired) electrons. The molecular formula is C20H21N5O2S. The number of hydrogen-bond donors (Lipinski definition) is 1. The van der Waals surface area contributed by atoms with Crippen LogP contribution in [-0.2, 0) is 11.3 Å². The summed E-state index contributed by atoms with van der Waals surface area (Å²) in [5, 5.41) is 11.7. The highest BCUT2D eigenvalue weighted by Gasteiger charge is 2.20. The van der Waals surface area contributed by atoms with E-state index in [0.717, 1.165) is 11.4 Å². The van der Waals surface area contributed by atoms with Crippen LogP contribution < -0.4 is 5.32 Å². The molecule has 8 heteroatoms. The molecule has 0 aliphatic heterocycles.